The van der Waals surface area contributed by atoms with Crippen LogP contribution in [0.3, 0.4) is 0 Å². The van der Waals surface area contributed by atoms with Crippen molar-refractivity contribution >= 4 is 7.37 Å². The molecule has 0 aromatic rings. The molecule has 3 atom stereocenters. The molecule has 21 heavy (non-hydrogen) atoms. The van der Waals surface area contributed by atoms with Gasteiger partial charge in [-0.1, -0.05) is 36.5 Å². The van der Waals surface area contributed by atoms with Crippen molar-refractivity contribution in [3.05, 3.63) is 36.5 Å². The summed E-state index contributed by atoms with van der Waals surface area (Å²) >= 11 is 0. The quantitative estimate of drug-likeness (QED) is 0.498. The van der Waals surface area contributed by atoms with Crippen molar-refractivity contribution in [3.63, 3.8) is 0 Å². The van der Waals surface area contributed by atoms with E-state index < -0.39 is 7.37 Å². The molecular formula is C18H27O2P. The SMILES string of the molecule is O=P(OC1CC=CCC1)(C1CC=CCC1)C1CC=CCC1. The molecule has 3 heteroatoms. The van der Waals surface area contributed by atoms with E-state index in [1.54, 1.807) is 0 Å². The van der Waals surface area contributed by atoms with Gasteiger partial charge in [-0.3, -0.25) is 4.57 Å². The third-order valence-electron chi connectivity index (χ3n) is 5.04. The molecule has 3 aliphatic carbocycles. The standard InChI is InChI=1S/C18H27O2P/c19-21(17-12-6-2-7-13-17,18-14-8-3-9-15-18)20-16-10-4-1-5-11-16/h1-4,6,8,16-18H,5,7,9-15H2. The first-order valence-electron chi connectivity index (χ1n) is 8.52. The molecule has 0 aliphatic heterocycles. The van der Waals surface area contributed by atoms with Gasteiger partial charge in [-0.15, -0.1) is 0 Å². The van der Waals surface area contributed by atoms with Crippen LogP contribution < -0.4 is 0 Å². The molecule has 0 spiro atoms. The Morgan fingerprint density at radius 1 is 0.714 bits per heavy atom. The lowest BCUT2D eigenvalue weighted by molar-refractivity contribution is 0.184. The smallest absolute Gasteiger partial charge is 0.210 e. The summed E-state index contributed by atoms with van der Waals surface area (Å²) in [6.07, 6.45) is 22.6. The summed E-state index contributed by atoms with van der Waals surface area (Å²) in [4.78, 5) is 0. The zero-order valence-electron chi connectivity index (χ0n) is 12.8. The highest BCUT2D eigenvalue weighted by Gasteiger charge is 2.42. The van der Waals surface area contributed by atoms with Crippen LogP contribution in [0.1, 0.15) is 57.8 Å². The van der Waals surface area contributed by atoms with Crippen LogP contribution in [-0.2, 0) is 9.09 Å². The number of hydrogen-bond donors (Lipinski definition) is 0. The molecule has 0 saturated heterocycles. The van der Waals surface area contributed by atoms with E-state index in [4.69, 9.17) is 4.52 Å². The van der Waals surface area contributed by atoms with Gasteiger partial charge in [0.25, 0.3) is 0 Å². The topological polar surface area (TPSA) is 26.3 Å². The molecule has 0 aromatic heterocycles. The Kier molecular flexibility index (Phi) is 5.19. The maximum Gasteiger partial charge on any atom is 0.210 e. The molecule has 0 bridgehead atoms. The first-order valence-corrected chi connectivity index (χ1v) is 10.3. The first-order chi connectivity index (χ1) is 10.3. The molecule has 116 valence electrons. The van der Waals surface area contributed by atoms with Gasteiger partial charge < -0.3 is 4.52 Å². The predicted molar refractivity (Wildman–Crippen MR) is 89.0 cm³/mol. The van der Waals surface area contributed by atoms with Crippen molar-refractivity contribution in [2.24, 2.45) is 0 Å². The maximum absolute atomic E-state index is 13.9. The molecule has 0 radical (unpaired) electrons. The summed E-state index contributed by atoms with van der Waals surface area (Å²) in [6.45, 7) is 0. The minimum absolute atomic E-state index is 0.178. The van der Waals surface area contributed by atoms with Gasteiger partial charge in [0.15, 0.2) is 0 Å². The zero-order chi connectivity index (χ0) is 14.5. The van der Waals surface area contributed by atoms with Crippen molar-refractivity contribution < 1.29 is 9.09 Å². The fraction of sp³-hybridized carbons (Fsp3) is 0.667. The molecule has 0 heterocycles. The van der Waals surface area contributed by atoms with Crippen LogP contribution in [0, 0.1) is 0 Å². The van der Waals surface area contributed by atoms with Crippen LogP contribution in [0.2, 0.25) is 0 Å². The van der Waals surface area contributed by atoms with Gasteiger partial charge in [0.2, 0.25) is 7.37 Å². The van der Waals surface area contributed by atoms with Crippen LogP contribution in [0.5, 0.6) is 0 Å². The highest BCUT2D eigenvalue weighted by atomic mass is 31.2. The highest BCUT2D eigenvalue weighted by molar-refractivity contribution is 7.60. The summed E-state index contributed by atoms with van der Waals surface area (Å²) in [7, 11) is -2.58. The van der Waals surface area contributed by atoms with E-state index in [9.17, 15) is 4.57 Å². The fourth-order valence-electron chi connectivity index (χ4n) is 3.77. The largest absolute Gasteiger partial charge is 0.324 e. The molecule has 0 aromatic carbocycles. The Morgan fingerprint density at radius 3 is 1.67 bits per heavy atom. The summed E-state index contributed by atoms with van der Waals surface area (Å²) in [5.74, 6) is 0. The Morgan fingerprint density at radius 2 is 1.24 bits per heavy atom. The Balaban J connectivity index is 1.78. The van der Waals surface area contributed by atoms with Gasteiger partial charge in [-0.2, -0.15) is 0 Å². The number of rotatable bonds is 4. The van der Waals surface area contributed by atoms with E-state index in [0.29, 0.717) is 0 Å². The normalized spacial score (nSPS) is 35.5. The van der Waals surface area contributed by atoms with Crippen molar-refractivity contribution in [3.8, 4) is 0 Å². The molecule has 0 amide bonds. The average molecular weight is 306 g/mol. The lowest BCUT2D eigenvalue weighted by Gasteiger charge is -2.38. The summed E-state index contributed by atoms with van der Waals surface area (Å²) < 4.78 is 20.3. The van der Waals surface area contributed by atoms with E-state index in [1.165, 1.54) is 0 Å². The molecular weight excluding hydrogens is 279 g/mol. The van der Waals surface area contributed by atoms with Crippen LogP contribution >= 0.6 is 7.37 Å². The van der Waals surface area contributed by atoms with Crippen molar-refractivity contribution in [2.75, 3.05) is 0 Å². The minimum Gasteiger partial charge on any atom is -0.324 e. The monoisotopic (exact) mass is 306 g/mol. The van der Waals surface area contributed by atoms with E-state index in [0.717, 1.165) is 57.8 Å². The van der Waals surface area contributed by atoms with E-state index >= 15 is 0 Å². The van der Waals surface area contributed by atoms with Gasteiger partial charge in [-0.05, 0) is 57.8 Å². The van der Waals surface area contributed by atoms with Crippen molar-refractivity contribution in [1.82, 2.24) is 0 Å². The molecule has 0 fully saturated rings. The lowest BCUT2D eigenvalue weighted by atomic mass is 10.1. The zero-order valence-corrected chi connectivity index (χ0v) is 13.7. The van der Waals surface area contributed by atoms with Crippen LogP contribution in [0.25, 0.3) is 0 Å². The Hall–Kier alpha value is -0.590. The van der Waals surface area contributed by atoms with Gasteiger partial charge in [0, 0.05) is 11.3 Å². The van der Waals surface area contributed by atoms with E-state index in [-0.39, 0.29) is 17.4 Å². The molecule has 3 unspecified atom stereocenters. The van der Waals surface area contributed by atoms with Crippen molar-refractivity contribution in [2.45, 2.75) is 75.2 Å². The van der Waals surface area contributed by atoms with Crippen LogP contribution in [-0.4, -0.2) is 17.4 Å². The first kappa shape index (κ1) is 15.3. The molecule has 0 saturated carbocycles. The Bertz CT molecular complexity index is 450. The lowest BCUT2D eigenvalue weighted by Crippen LogP contribution is -2.26. The number of allylic oxidation sites excluding steroid dienone is 5. The average Bonchev–Trinajstić information content (AvgIpc) is 2.57. The summed E-state index contributed by atoms with van der Waals surface area (Å²) in [5.41, 5.74) is 0.509. The van der Waals surface area contributed by atoms with E-state index in [2.05, 4.69) is 36.5 Å². The predicted octanol–water partition coefficient (Wildman–Crippen LogP) is 5.61. The van der Waals surface area contributed by atoms with Gasteiger partial charge in [-0.25, -0.2) is 0 Å². The third kappa shape index (κ3) is 3.60. The molecule has 2 nitrogen and oxygen atoms in total. The second-order valence-corrected chi connectivity index (χ2v) is 9.50. The van der Waals surface area contributed by atoms with Crippen LogP contribution in [0.4, 0.5) is 0 Å². The van der Waals surface area contributed by atoms with Crippen LogP contribution in [0.15, 0.2) is 36.5 Å². The van der Waals surface area contributed by atoms with E-state index in [1.807, 2.05) is 0 Å². The second-order valence-electron chi connectivity index (χ2n) is 6.53. The van der Waals surface area contributed by atoms with Crippen molar-refractivity contribution in [1.29, 1.82) is 0 Å². The van der Waals surface area contributed by atoms with Gasteiger partial charge in [0.05, 0.1) is 6.10 Å². The fourth-order valence-corrected chi connectivity index (χ4v) is 7.22. The highest BCUT2D eigenvalue weighted by Crippen LogP contribution is 2.63. The maximum atomic E-state index is 13.9. The van der Waals surface area contributed by atoms with Gasteiger partial charge >= 0.3 is 0 Å². The number of hydrogen-bond acceptors (Lipinski definition) is 2. The van der Waals surface area contributed by atoms with Gasteiger partial charge in [0.1, 0.15) is 0 Å². The molecule has 3 rings (SSSR count). The Labute approximate surface area is 128 Å². The molecule has 3 aliphatic rings. The third-order valence-corrected chi connectivity index (χ3v) is 8.64. The summed E-state index contributed by atoms with van der Waals surface area (Å²) in [6, 6.07) is 0. The molecule has 0 N–H and O–H groups in total. The minimum atomic E-state index is -2.58. The summed E-state index contributed by atoms with van der Waals surface area (Å²) in [5, 5.41) is 0. The second kappa shape index (κ2) is 7.11.